The van der Waals surface area contributed by atoms with E-state index in [1.54, 1.807) is 12.3 Å². The number of nitriles is 1. The van der Waals surface area contributed by atoms with Crippen LogP contribution in [0.2, 0.25) is 0 Å². The van der Waals surface area contributed by atoms with Crippen LogP contribution < -0.4 is 10.5 Å². The van der Waals surface area contributed by atoms with E-state index in [2.05, 4.69) is 45.0 Å². The smallest absolute Gasteiger partial charge is 0.258 e. The van der Waals surface area contributed by atoms with E-state index in [0.29, 0.717) is 22.8 Å². The molecular formula is C31H29N5O2. The highest BCUT2D eigenvalue weighted by molar-refractivity contribution is 6.02. The lowest BCUT2D eigenvalue weighted by atomic mass is 10.0. The van der Waals surface area contributed by atoms with Crippen molar-refractivity contribution in [3.8, 4) is 11.9 Å². The highest BCUT2D eigenvalue weighted by Gasteiger charge is 2.14. The van der Waals surface area contributed by atoms with Gasteiger partial charge in [0.05, 0.1) is 23.7 Å². The van der Waals surface area contributed by atoms with Gasteiger partial charge in [-0.15, -0.1) is 0 Å². The number of rotatable bonds is 6. The Balaban J connectivity index is 1.40. The first-order valence-corrected chi connectivity index (χ1v) is 12.6. The lowest BCUT2D eigenvalue weighted by Gasteiger charge is -2.34. The first kappa shape index (κ1) is 25.0. The summed E-state index contributed by atoms with van der Waals surface area (Å²) in [5.41, 5.74) is 4.90. The zero-order valence-corrected chi connectivity index (χ0v) is 21.3. The number of piperazine rings is 1. The number of aliphatic imine (C=N–C) groups is 1. The van der Waals surface area contributed by atoms with Gasteiger partial charge in [0.25, 0.3) is 5.56 Å². The molecule has 1 aliphatic heterocycles. The quantitative estimate of drug-likeness (QED) is 0.286. The van der Waals surface area contributed by atoms with Crippen LogP contribution in [0.3, 0.4) is 0 Å². The number of anilines is 1. The molecule has 2 N–H and O–H groups in total. The number of nitrogens with zero attached hydrogens (tertiary/aromatic N) is 4. The van der Waals surface area contributed by atoms with Gasteiger partial charge in [0.1, 0.15) is 0 Å². The summed E-state index contributed by atoms with van der Waals surface area (Å²) >= 11 is 0. The van der Waals surface area contributed by atoms with Gasteiger partial charge in [0.2, 0.25) is 5.88 Å². The standard InChI is InChI=1S/C31H29N5O2/c1-35-16-18-36(19-17-35)26-11-9-25(10-12-26)33-21-29-28-20-24(8-13-27(28)30(37)34-31(29)38)7-6-22-2-4-23(5-3-22)14-15-32/h2-13,20-21H,14,16-19H2,1H3,(H2,34,37,38)/b7-6+,33-21?. The fourth-order valence-electron chi connectivity index (χ4n) is 4.57. The van der Waals surface area contributed by atoms with Gasteiger partial charge in [-0.1, -0.05) is 42.5 Å². The van der Waals surface area contributed by atoms with Gasteiger partial charge in [-0.2, -0.15) is 5.26 Å². The van der Waals surface area contributed by atoms with Gasteiger partial charge in [0.15, 0.2) is 0 Å². The molecular weight excluding hydrogens is 474 g/mol. The predicted octanol–water partition coefficient (Wildman–Crippen LogP) is 4.97. The summed E-state index contributed by atoms with van der Waals surface area (Å²) < 4.78 is 0. The van der Waals surface area contributed by atoms with Crippen LogP contribution in [-0.2, 0) is 6.42 Å². The molecule has 5 rings (SSSR count). The molecule has 7 nitrogen and oxygen atoms in total. The van der Waals surface area contributed by atoms with E-state index in [1.165, 1.54) is 5.69 Å². The summed E-state index contributed by atoms with van der Waals surface area (Å²) in [6.07, 6.45) is 5.91. The second-order valence-corrected chi connectivity index (χ2v) is 9.50. The summed E-state index contributed by atoms with van der Waals surface area (Å²) in [5, 5.41) is 20.5. The van der Waals surface area contributed by atoms with Crippen molar-refractivity contribution in [2.45, 2.75) is 6.42 Å². The number of hydrogen-bond donors (Lipinski definition) is 2. The van der Waals surface area contributed by atoms with Crippen molar-refractivity contribution >= 4 is 40.5 Å². The molecule has 38 heavy (non-hydrogen) atoms. The van der Waals surface area contributed by atoms with Crippen molar-refractivity contribution in [1.29, 1.82) is 5.26 Å². The number of benzene rings is 3. The average molecular weight is 504 g/mol. The third-order valence-electron chi connectivity index (χ3n) is 6.86. The summed E-state index contributed by atoms with van der Waals surface area (Å²) in [7, 11) is 2.14. The van der Waals surface area contributed by atoms with Crippen LogP contribution in [0.15, 0.2) is 76.5 Å². The van der Waals surface area contributed by atoms with E-state index in [4.69, 9.17) is 5.26 Å². The van der Waals surface area contributed by atoms with Crippen molar-refractivity contribution < 1.29 is 5.11 Å². The average Bonchev–Trinajstić information content (AvgIpc) is 2.93. The number of aromatic hydroxyl groups is 1. The van der Waals surface area contributed by atoms with E-state index in [1.807, 2.05) is 60.7 Å². The number of pyridine rings is 1. The third-order valence-corrected chi connectivity index (χ3v) is 6.86. The number of nitrogens with one attached hydrogen (secondary N) is 1. The van der Waals surface area contributed by atoms with E-state index >= 15 is 0 Å². The fourth-order valence-corrected chi connectivity index (χ4v) is 4.57. The van der Waals surface area contributed by atoms with Crippen LogP contribution in [0.4, 0.5) is 11.4 Å². The van der Waals surface area contributed by atoms with Crippen LogP contribution >= 0.6 is 0 Å². The minimum atomic E-state index is -0.352. The maximum absolute atomic E-state index is 12.5. The van der Waals surface area contributed by atoms with Crippen LogP contribution in [0, 0.1) is 11.3 Å². The highest BCUT2D eigenvalue weighted by Crippen LogP contribution is 2.25. The molecule has 0 atom stereocenters. The van der Waals surface area contributed by atoms with Gasteiger partial charge in [-0.3, -0.25) is 14.8 Å². The lowest BCUT2D eigenvalue weighted by Crippen LogP contribution is -2.44. The Morgan fingerprint density at radius 3 is 2.34 bits per heavy atom. The number of H-pyrrole nitrogens is 1. The zero-order chi connectivity index (χ0) is 26.5. The Morgan fingerprint density at radius 1 is 0.947 bits per heavy atom. The first-order valence-electron chi connectivity index (χ1n) is 12.6. The SMILES string of the molecule is CN1CCN(c2ccc(N=Cc3c(O)[nH]c(=O)c4ccc(/C=C/c5ccc(CC#N)cc5)cc34)cc2)CC1. The minimum Gasteiger partial charge on any atom is -0.494 e. The normalized spacial score (nSPS) is 14.5. The molecule has 0 amide bonds. The van der Waals surface area contributed by atoms with Crippen LogP contribution in [0.25, 0.3) is 22.9 Å². The van der Waals surface area contributed by atoms with Crippen LogP contribution in [0.1, 0.15) is 22.3 Å². The summed E-state index contributed by atoms with van der Waals surface area (Å²) in [6.45, 7) is 4.09. The highest BCUT2D eigenvalue weighted by atomic mass is 16.3. The number of aromatic nitrogens is 1. The maximum Gasteiger partial charge on any atom is 0.258 e. The Hall–Kier alpha value is -4.67. The number of hydrogen-bond acceptors (Lipinski definition) is 6. The molecule has 190 valence electrons. The maximum atomic E-state index is 12.5. The van der Waals surface area contributed by atoms with Crippen molar-refractivity contribution in [2.24, 2.45) is 4.99 Å². The topological polar surface area (TPSA) is 95.7 Å². The fraction of sp³-hybridized carbons (Fsp3) is 0.194. The van der Waals surface area contributed by atoms with Crippen LogP contribution in [-0.4, -0.2) is 54.4 Å². The van der Waals surface area contributed by atoms with Gasteiger partial charge in [-0.25, -0.2) is 0 Å². The number of likely N-dealkylation sites (N-methyl/N-ethyl adjacent to an activating group) is 1. The third kappa shape index (κ3) is 5.66. The molecule has 0 unspecified atom stereocenters. The molecule has 0 bridgehead atoms. The van der Waals surface area contributed by atoms with E-state index < -0.39 is 0 Å². The molecule has 0 aliphatic carbocycles. The van der Waals surface area contributed by atoms with Crippen molar-refractivity contribution in [3.05, 3.63) is 99.3 Å². The van der Waals surface area contributed by atoms with Crippen molar-refractivity contribution in [2.75, 3.05) is 38.1 Å². The van der Waals surface area contributed by atoms with Crippen molar-refractivity contribution in [3.63, 3.8) is 0 Å². The second-order valence-electron chi connectivity index (χ2n) is 9.50. The molecule has 0 radical (unpaired) electrons. The predicted molar refractivity (Wildman–Crippen MR) is 154 cm³/mol. The van der Waals surface area contributed by atoms with E-state index in [-0.39, 0.29) is 11.4 Å². The zero-order valence-electron chi connectivity index (χ0n) is 21.3. The molecule has 3 aromatic carbocycles. The first-order chi connectivity index (χ1) is 18.5. The molecule has 0 spiro atoms. The molecule has 1 fully saturated rings. The molecule has 2 heterocycles. The molecule has 4 aromatic rings. The largest absolute Gasteiger partial charge is 0.494 e. The molecule has 1 aromatic heterocycles. The van der Waals surface area contributed by atoms with Gasteiger partial charge >= 0.3 is 0 Å². The van der Waals surface area contributed by atoms with E-state index in [0.717, 1.165) is 48.6 Å². The summed E-state index contributed by atoms with van der Waals surface area (Å²) in [5.74, 6) is -0.213. The lowest BCUT2D eigenvalue weighted by molar-refractivity contribution is 0.313. The number of fused-ring (bicyclic) bond motifs is 1. The Labute approximate surface area is 221 Å². The summed E-state index contributed by atoms with van der Waals surface area (Å²) in [4.78, 5) is 24.3. The molecule has 0 saturated carbocycles. The Bertz CT molecular complexity index is 1590. The number of aromatic amines is 1. The minimum absolute atomic E-state index is 0.213. The van der Waals surface area contributed by atoms with Crippen LogP contribution in [0.5, 0.6) is 5.88 Å². The van der Waals surface area contributed by atoms with E-state index in [9.17, 15) is 9.90 Å². The second kappa shape index (κ2) is 11.2. The summed E-state index contributed by atoms with van der Waals surface area (Å²) in [6, 6.07) is 23.5. The Kier molecular flexibility index (Phi) is 7.34. The molecule has 1 saturated heterocycles. The van der Waals surface area contributed by atoms with Gasteiger partial charge in [-0.05, 0) is 60.1 Å². The van der Waals surface area contributed by atoms with Gasteiger partial charge in [0, 0.05) is 48.9 Å². The van der Waals surface area contributed by atoms with Gasteiger partial charge < -0.3 is 14.9 Å². The molecule has 1 aliphatic rings. The monoisotopic (exact) mass is 503 g/mol. The molecule has 7 heteroatoms. The van der Waals surface area contributed by atoms with Crippen molar-refractivity contribution in [1.82, 2.24) is 9.88 Å². The Morgan fingerprint density at radius 2 is 1.63 bits per heavy atom.